The summed E-state index contributed by atoms with van der Waals surface area (Å²) in [5, 5.41) is 13.1. The largest absolute Gasteiger partial charge is 0.329 e. The van der Waals surface area contributed by atoms with Crippen LogP contribution >= 0.6 is 0 Å². The minimum Gasteiger partial charge on any atom is -0.329 e. The van der Waals surface area contributed by atoms with Crippen molar-refractivity contribution in [2.45, 2.75) is 0 Å². The Labute approximate surface area is 110 Å². The van der Waals surface area contributed by atoms with Crippen molar-refractivity contribution in [3.05, 3.63) is 0 Å². The van der Waals surface area contributed by atoms with Crippen molar-refractivity contribution in [3.8, 4) is 0 Å². The third-order valence-corrected chi connectivity index (χ3v) is 2.08. The normalized spacial score (nSPS) is 9.89. The Morgan fingerprint density at radius 3 is 1.00 bits per heavy atom. The van der Waals surface area contributed by atoms with Crippen molar-refractivity contribution in [3.63, 3.8) is 0 Å². The smallest absolute Gasteiger partial charge is 0.106 e. The highest BCUT2D eigenvalue weighted by Crippen LogP contribution is 1.62. The molecule has 7 heteroatoms. The highest BCUT2D eigenvalue weighted by molar-refractivity contribution is 5.10. The number of carbonyl (C=O) groups is 1. The van der Waals surface area contributed by atoms with Crippen LogP contribution in [0.1, 0.15) is 0 Å². The highest BCUT2D eigenvalue weighted by Gasteiger charge is 1.88. The molecule has 0 bridgehead atoms. The molecule has 0 amide bonds. The molecule has 8 N–H and O–H groups in total. The van der Waals surface area contributed by atoms with E-state index in [1.165, 1.54) is 0 Å². The van der Waals surface area contributed by atoms with Crippen LogP contribution in [0.4, 0.5) is 0 Å². The van der Waals surface area contributed by atoms with Gasteiger partial charge in [-0.1, -0.05) is 0 Å². The lowest BCUT2D eigenvalue weighted by atomic mass is 10.5. The minimum atomic E-state index is 0.706. The molecule has 18 heavy (non-hydrogen) atoms. The van der Waals surface area contributed by atoms with Crippen molar-refractivity contribution >= 4 is 6.79 Å². The number of nitrogens with one attached hydrogen (secondary N) is 4. The van der Waals surface area contributed by atoms with Gasteiger partial charge in [-0.3, -0.25) is 0 Å². The molecule has 0 fully saturated rings. The molecule has 0 atom stereocenters. The molecule has 0 aliphatic rings. The average Bonchev–Trinajstić information content (AvgIpc) is 2.42. The predicted molar refractivity (Wildman–Crippen MR) is 76.7 cm³/mol. The van der Waals surface area contributed by atoms with E-state index in [1.807, 2.05) is 6.79 Å². The summed E-state index contributed by atoms with van der Waals surface area (Å²) in [5.41, 5.74) is 10.7. The van der Waals surface area contributed by atoms with Gasteiger partial charge >= 0.3 is 0 Å². The second-order valence-electron chi connectivity index (χ2n) is 3.58. The van der Waals surface area contributed by atoms with Crippen LogP contribution in [-0.4, -0.2) is 72.2 Å². The number of carbonyl (C=O) groups excluding carboxylic acids is 1. The second kappa shape index (κ2) is 21.7. The zero-order chi connectivity index (χ0) is 13.9. The summed E-state index contributed by atoms with van der Waals surface area (Å²) >= 11 is 0. The van der Waals surface area contributed by atoms with Crippen molar-refractivity contribution in [1.29, 1.82) is 0 Å². The summed E-state index contributed by atoms with van der Waals surface area (Å²) in [5.74, 6) is 0. The molecule has 0 heterocycles. The van der Waals surface area contributed by atoms with Crippen molar-refractivity contribution in [2.75, 3.05) is 65.4 Å². The molecule has 0 rings (SSSR count). The summed E-state index contributed by atoms with van der Waals surface area (Å²) in [6, 6.07) is 0. The monoisotopic (exact) mass is 262 g/mol. The summed E-state index contributed by atoms with van der Waals surface area (Å²) in [6.45, 7) is 11.2. The van der Waals surface area contributed by atoms with Crippen molar-refractivity contribution in [1.82, 2.24) is 21.3 Å². The standard InChI is InChI=1S/C10H28N6.CH2O/c11-1-3-13-5-7-15-9-10-16-8-6-14-4-2-12;1-2/h13-16H,1-12H2;1H2. The van der Waals surface area contributed by atoms with E-state index in [0.717, 1.165) is 52.4 Å². The number of hydrogen-bond donors (Lipinski definition) is 6. The van der Waals surface area contributed by atoms with Gasteiger partial charge in [-0.25, -0.2) is 0 Å². The number of nitrogens with two attached hydrogens (primary N) is 2. The van der Waals surface area contributed by atoms with Gasteiger partial charge in [0, 0.05) is 65.4 Å². The highest BCUT2D eigenvalue weighted by atomic mass is 16.1. The van der Waals surface area contributed by atoms with Gasteiger partial charge in [-0.05, 0) is 0 Å². The fraction of sp³-hybridized carbons (Fsp3) is 0.909. The zero-order valence-electron chi connectivity index (χ0n) is 11.3. The molecular weight excluding hydrogens is 232 g/mol. The van der Waals surface area contributed by atoms with Crippen LogP contribution in [0.5, 0.6) is 0 Å². The van der Waals surface area contributed by atoms with Gasteiger partial charge in [0.05, 0.1) is 0 Å². The molecule has 0 aliphatic carbocycles. The minimum absolute atomic E-state index is 0.706. The first kappa shape index (κ1) is 19.8. The molecule has 110 valence electrons. The SMILES string of the molecule is C=O.NCCNCCNCCNCCNCCN. The maximum atomic E-state index is 8.00. The Morgan fingerprint density at radius 1 is 0.556 bits per heavy atom. The van der Waals surface area contributed by atoms with Crippen LogP contribution in [0, 0.1) is 0 Å². The molecule has 0 aromatic heterocycles. The molecular formula is C11H30N6O. The van der Waals surface area contributed by atoms with E-state index < -0.39 is 0 Å². The second-order valence-corrected chi connectivity index (χ2v) is 3.58. The van der Waals surface area contributed by atoms with E-state index in [1.54, 1.807) is 0 Å². The third kappa shape index (κ3) is 20.8. The summed E-state index contributed by atoms with van der Waals surface area (Å²) in [6.07, 6.45) is 0. The van der Waals surface area contributed by atoms with Crippen LogP contribution in [0.2, 0.25) is 0 Å². The lowest BCUT2D eigenvalue weighted by Crippen LogP contribution is -2.36. The Kier molecular flexibility index (Phi) is 23.8. The van der Waals surface area contributed by atoms with Crippen LogP contribution in [0.15, 0.2) is 0 Å². The lowest BCUT2D eigenvalue weighted by molar-refractivity contribution is -0.0979. The van der Waals surface area contributed by atoms with Gasteiger partial charge in [0.1, 0.15) is 6.79 Å². The van der Waals surface area contributed by atoms with Crippen LogP contribution in [-0.2, 0) is 4.79 Å². The first-order valence-electron chi connectivity index (χ1n) is 6.43. The Hall–Kier alpha value is -0.570. The maximum Gasteiger partial charge on any atom is 0.106 e. The van der Waals surface area contributed by atoms with Crippen LogP contribution in [0.25, 0.3) is 0 Å². The molecule has 0 aliphatic heterocycles. The van der Waals surface area contributed by atoms with Crippen molar-refractivity contribution in [2.24, 2.45) is 11.5 Å². The molecule has 0 aromatic rings. The lowest BCUT2D eigenvalue weighted by Gasteiger charge is -2.07. The topological polar surface area (TPSA) is 117 Å². The summed E-state index contributed by atoms with van der Waals surface area (Å²) in [4.78, 5) is 8.00. The Bertz CT molecular complexity index is 125. The molecule has 0 saturated carbocycles. The molecule has 0 spiro atoms. The number of hydrogen-bond acceptors (Lipinski definition) is 7. The zero-order valence-corrected chi connectivity index (χ0v) is 11.3. The first-order chi connectivity index (χ1) is 8.91. The third-order valence-electron chi connectivity index (χ3n) is 2.08. The van der Waals surface area contributed by atoms with Gasteiger partial charge in [-0.15, -0.1) is 0 Å². The summed E-state index contributed by atoms with van der Waals surface area (Å²) < 4.78 is 0. The first-order valence-corrected chi connectivity index (χ1v) is 6.43. The van der Waals surface area contributed by atoms with E-state index in [4.69, 9.17) is 16.3 Å². The van der Waals surface area contributed by atoms with Gasteiger partial charge in [-0.2, -0.15) is 0 Å². The van der Waals surface area contributed by atoms with Gasteiger partial charge < -0.3 is 37.5 Å². The predicted octanol–water partition coefficient (Wildman–Crippen LogP) is -2.92. The van der Waals surface area contributed by atoms with E-state index in [9.17, 15) is 0 Å². The maximum absolute atomic E-state index is 8.00. The Morgan fingerprint density at radius 2 is 0.778 bits per heavy atom. The van der Waals surface area contributed by atoms with Gasteiger partial charge in [0.2, 0.25) is 0 Å². The van der Waals surface area contributed by atoms with Crippen LogP contribution < -0.4 is 32.7 Å². The van der Waals surface area contributed by atoms with E-state index in [-0.39, 0.29) is 0 Å². The fourth-order valence-electron chi connectivity index (χ4n) is 1.23. The number of rotatable bonds is 13. The molecule has 0 unspecified atom stereocenters. The summed E-state index contributed by atoms with van der Waals surface area (Å²) in [7, 11) is 0. The fourth-order valence-corrected chi connectivity index (χ4v) is 1.23. The van der Waals surface area contributed by atoms with Crippen molar-refractivity contribution < 1.29 is 4.79 Å². The Balaban J connectivity index is 0. The van der Waals surface area contributed by atoms with E-state index in [2.05, 4.69) is 21.3 Å². The average molecular weight is 262 g/mol. The molecule has 0 aromatic carbocycles. The van der Waals surface area contributed by atoms with E-state index >= 15 is 0 Å². The van der Waals surface area contributed by atoms with Gasteiger partial charge in [0.15, 0.2) is 0 Å². The molecule has 0 radical (unpaired) electrons. The van der Waals surface area contributed by atoms with Gasteiger partial charge in [0.25, 0.3) is 0 Å². The molecule has 0 saturated heterocycles. The van der Waals surface area contributed by atoms with E-state index in [0.29, 0.717) is 13.1 Å². The molecule has 7 nitrogen and oxygen atoms in total. The van der Waals surface area contributed by atoms with Crippen LogP contribution in [0.3, 0.4) is 0 Å². The quantitative estimate of drug-likeness (QED) is 0.197.